The molecule has 0 spiro atoms. The molecule has 0 N–H and O–H groups in total. The van der Waals surface area contributed by atoms with Crippen LogP contribution in [0.5, 0.6) is 0 Å². The van der Waals surface area contributed by atoms with E-state index >= 15 is 0 Å². The second kappa shape index (κ2) is 11.4. The molecule has 0 radical (unpaired) electrons. The average Bonchev–Trinajstić information content (AvgIpc) is 2.33. The first-order chi connectivity index (χ1) is 7.69. The van der Waals surface area contributed by atoms with Gasteiger partial charge in [-0.1, -0.05) is 0 Å². The van der Waals surface area contributed by atoms with Crippen LogP contribution in [0.4, 0.5) is 0 Å². The molecule has 0 rings (SSSR count). The predicted octanol–water partition coefficient (Wildman–Crippen LogP) is 1.84. The van der Waals surface area contributed by atoms with Crippen molar-refractivity contribution >= 4 is 89.7 Å². The molecule has 0 unspecified atom stereocenters. The van der Waals surface area contributed by atoms with Gasteiger partial charge >= 0.3 is 140 Å². The third-order valence-corrected chi connectivity index (χ3v) is 20.5. The molecular formula is C10H18Se6. The van der Waals surface area contributed by atoms with Crippen molar-refractivity contribution in [2.45, 2.75) is 34.9 Å². The van der Waals surface area contributed by atoms with Crippen LogP contribution in [0.2, 0.25) is 34.9 Å². The third kappa shape index (κ3) is 5.71. The average molecular weight is 612 g/mol. The normalized spacial score (nSPS) is 10.1. The van der Waals surface area contributed by atoms with Crippen molar-refractivity contribution in [3.05, 3.63) is 15.7 Å². The van der Waals surface area contributed by atoms with Crippen LogP contribution in [0.15, 0.2) is 15.7 Å². The first-order valence-electron chi connectivity index (χ1n) is 4.42. The molecule has 0 saturated heterocycles. The Kier molecular flexibility index (Phi) is 13.3. The molecule has 0 bridgehead atoms. The zero-order valence-corrected chi connectivity index (χ0v) is 20.7. The third-order valence-electron chi connectivity index (χ3n) is 1.73. The molecule has 0 aromatic heterocycles. The van der Waals surface area contributed by atoms with Gasteiger partial charge in [0.2, 0.25) is 0 Å². The maximum absolute atomic E-state index is 2.41. The van der Waals surface area contributed by atoms with E-state index in [0.717, 1.165) is 59.8 Å². The molecule has 0 aromatic rings. The number of hydrogen-bond donors (Lipinski definition) is 0. The fraction of sp³-hybridized carbons (Fsp3) is 0.600. The second-order valence-corrected chi connectivity index (χ2v) is 15.4. The van der Waals surface area contributed by atoms with Gasteiger partial charge in [0.15, 0.2) is 0 Å². The molecule has 0 fully saturated rings. The van der Waals surface area contributed by atoms with Crippen molar-refractivity contribution < 1.29 is 0 Å². The van der Waals surface area contributed by atoms with Crippen molar-refractivity contribution in [3.8, 4) is 0 Å². The predicted molar refractivity (Wildman–Crippen MR) is 83.8 cm³/mol. The molecule has 0 aliphatic rings. The van der Waals surface area contributed by atoms with E-state index in [1.807, 2.05) is 15.7 Å². The minimum atomic E-state index is 0.708. The van der Waals surface area contributed by atoms with Gasteiger partial charge in [-0.15, -0.1) is 0 Å². The summed E-state index contributed by atoms with van der Waals surface area (Å²) in [5, 5.41) is 0. The van der Waals surface area contributed by atoms with Crippen molar-refractivity contribution in [1.29, 1.82) is 0 Å². The van der Waals surface area contributed by atoms with Gasteiger partial charge < -0.3 is 0 Å². The van der Waals surface area contributed by atoms with E-state index < -0.39 is 0 Å². The Bertz CT molecular complexity index is 228. The van der Waals surface area contributed by atoms with E-state index in [4.69, 9.17) is 0 Å². The summed E-state index contributed by atoms with van der Waals surface area (Å²) in [5.74, 6) is 14.4. The molecule has 0 nitrogen and oxygen atoms in total. The van der Waals surface area contributed by atoms with Crippen LogP contribution in [-0.2, 0) is 0 Å². The summed E-state index contributed by atoms with van der Waals surface area (Å²) < 4.78 is 7.38. The van der Waals surface area contributed by atoms with E-state index in [1.165, 1.54) is 0 Å². The summed E-state index contributed by atoms with van der Waals surface area (Å²) in [6.07, 6.45) is 0. The Morgan fingerprint density at radius 2 is 0.688 bits per heavy atom. The molecule has 94 valence electrons. The molecular weight excluding hydrogens is 594 g/mol. The van der Waals surface area contributed by atoms with Crippen LogP contribution < -0.4 is 0 Å². The summed E-state index contributed by atoms with van der Waals surface area (Å²) in [6.45, 7) is 0. The second-order valence-electron chi connectivity index (χ2n) is 2.46. The van der Waals surface area contributed by atoms with Gasteiger partial charge in [-0.25, -0.2) is 0 Å². The molecule has 0 aromatic carbocycles. The molecule has 0 atom stereocenters. The van der Waals surface area contributed by atoms with Gasteiger partial charge in [-0.2, -0.15) is 0 Å². The van der Waals surface area contributed by atoms with Crippen molar-refractivity contribution in [1.82, 2.24) is 0 Å². The minimum absolute atomic E-state index is 0.708. The fourth-order valence-corrected chi connectivity index (χ4v) is 20.1. The first-order valence-corrected chi connectivity index (χ1v) is 19.8. The standard InChI is InChI=1S/C10H18Se6/c1-11-7(9(13-3)14-4)8(12-2)10(15-5)16-6/h1-6H3. The van der Waals surface area contributed by atoms with Gasteiger partial charge in [-0.05, 0) is 0 Å². The van der Waals surface area contributed by atoms with Crippen LogP contribution in [0.3, 0.4) is 0 Å². The quantitative estimate of drug-likeness (QED) is 0.305. The fourth-order valence-electron chi connectivity index (χ4n) is 1.07. The first kappa shape index (κ1) is 18.6. The maximum atomic E-state index is 2.41. The van der Waals surface area contributed by atoms with E-state index in [9.17, 15) is 0 Å². The van der Waals surface area contributed by atoms with Gasteiger partial charge in [-0.3, -0.25) is 0 Å². The summed E-state index contributed by atoms with van der Waals surface area (Å²) in [7, 11) is 0. The Balaban J connectivity index is 5.49. The number of hydrogen-bond acceptors (Lipinski definition) is 0. The topological polar surface area (TPSA) is 0 Å². The monoisotopic (exact) mass is 618 g/mol. The molecule has 6 heteroatoms. The molecule has 0 heterocycles. The van der Waals surface area contributed by atoms with E-state index in [2.05, 4.69) is 34.9 Å². The zero-order chi connectivity index (χ0) is 12.6. The van der Waals surface area contributed by atoms with Crippen LogP contribution in [0, 0.1) is 0 Å². The van der Waals surface area contributed by atoms with Crippen molar-refractivity contribution in [3.63, 3.8) is 0 Å². The van der Waals surface area contributed by atoms with Crippen LogP contribution in [-0.4, -0.2) is 89.7 Å². The van der Waals surface area contributed by atoms with Crippen molar-refractivity contribution in [2.75, 3.05) is 0 Å². The van der Waals surface area contributed by atoms with E-state index in [0.29, 0.717) is 29.9 Å². The van der Waals surface area contributed by atoms with Gasteiger partial charge in [0.25, 0.3) is 0 Å². The van der Waals surface area contributed by atoms with E-state index in [-0.39, 0.29) is 0 Å². The van der Waals surface area contributed by atoms with Gasteiger partial charge in [0.05, 0.1) is 0 Å². The van der Waals surface area contributed by atoms with Crippen LogP contribution in [0.25, 0.3) is 0 Å². The molecule has 0 aliphatic heterocycles. The summed E-state index contributed by atoms with van der Waals surface area (Å²) in [5.41, 5.74) is 0. The Hall–Kier alpha value is 2.60. The SMILES string of the molecule is C[Se]C([Se]C)=C([Se]C)C([Se]C)=C([Se]C)[Se]C. The molecule has 0 amide bonds. The van der Waals surface area contributed by atoms with Crippen molar-refractivity contribution in [2.24, 2.45) is 0 Å². The van der Waals surface area contributed by atoms with Crippen LogP contribution >= 0.6 is 0 Å². The summed E-state index contributed by atoms with van der Waals surface area (Å²) in [4.78, 5) is 0. The summed E-state index contributed by atoms with van der Waals surface area (Å²) >= 11 is 4.38. The molecule has 16 heavy (non-hydrogen) atoms. The number of allylic oxidation sites excluding steroid dienone is 2. The number of rotatable bonds is 7. The van der Waals surface area contributed by atoms with Gasteiger partial charge in [0, 0.05) is 0 Å². The van der Waals surface area contributed by atoms with Crippen LogP contribution in [0.1, 0.15) is 0 Å². The van der Waals surface area contributed by atoms with Gasteiger partial charge in [0.1, 0.15) is 0 Å². The Morgan fingerprint density at radius 1 is 0.438 bits per heavy atom. The molecule has 0 aliphatic carbocycles. The Morgan fingerprint density at radius 3 is 0.812 bits per heavy atom. The van der Waals surface area contributed by atoms with E-state index in [1.54, 1.807) is 0 Å². The summed E-state index contributed by atoms with van der Waals surface area (Å²) in [6, 6.07) is 0. The zero-order valence-electron chi connectivity index (χ0n) is 10.4. The Labute approximate surface area is 138 Å². The molecule has 0 saturated carbocycles.